The number of nitrogens with one attached hydrogen (secondary N) is 1. The van der Waals surface area contributed by atoms with E-state index in [2.05, 4.69) is 10.2 Å². The van der Waals surface area contributed by atoms with Gasteiger partial charge in [-0.1, -0.05) is 0 Å². The second-order valence-electron chi connectivity index (χ2n) is 3.30. The summed E-state index contributed by atoms with van der Waals surface area (Å²) in [5, 5.41) is 6.33. The molecule has 0 saturated carbocycles. The molecule has 0 amide bonds. The molecule has 2 aromatic rings. The Bertz CT molecular complexity index is 568. The maximum atomic E-state index is 11.4. The van der Waals surface area contributed by atoms with Gasteiger partial charge < -0.3 is 4.74 Å². The Hall–Kier alpha value is -2.37. The first kappa shape index (κ1) is 11.1. The molecule has 0 atom stereocenters. The van der Waals surface area contributed by atoms with Crippen molar-refractivity contribution in [3.63, 3.8) is 0 Å². The minimum absolute atomic E-state index is 0.278. The lowest BCUT2D eigenvalue weighted by Crippen LogP contribution is -2.06. The van der Waals surface area contributed by atoms with E-state index in [9.17, 15) is 9.59 Å². The third kappa shape index (κ3) is 2.41. The molecule has 1 aromatic carbocycles. The number of aromatic amines is 1. The number of carbonyl (C=O) groups excluding carboxylic acids is 1. The second-order valence-corrected chi connectivity index (χ2v) is 3.30. The molecule has 0 spiro atoms. The van der Waals surface area contributed by atoms with Crippen molar-refractivity contribution in [2.75, 3.05) is 6.61 Å². The Morgan fingerprint density at radius 1 is 1.41 bits per heavy atom. The van der Waals surface area contributed by atoms with Crippen LogP contribution in [0.15, 0.2) is 35.3 Å². The van der Waals surface area contributed by atoms with Gasteiger partial charge in [0.25, 0.3) is 5.56 Å². The van der Waals surface area contributed by atoms with Crippen LogP contribution in [0.5, 0.6) is 0 Å². The number of H-pyrrole nitrogens is 1. The van der Waals surface area contributed by atoms with Crippen LogP contribution >= 0.6 is 0 Å². The number of ether oxygens (including phenoxy) is 1. The maximum Gasteiger partial charge on any atom is 0.338 e. The molecule has 2 rings (SSSR count). The summed E-state index contributed by atoms with van der Waals surface area (Å²) in [7, 11) is 0. The molecule has 88 valence electrons. The Morgan fingerprint density at radius 3 is 2.65 bits per heavy atom. The van der Waals surface area contributed by atoms with Crippen molar-refractivity contribution in [3.8, 4) is 5.69 Å². The van der Waals surface area contributed by atoms with Crippen molar-refractivity contribution in [2.24, 2.45) is 0 Å². The first-order valence-electron chi connectivity index (χ1n) is 5.12. The van der Waals surface area contributed by atoms with Crippen molar-refractivity contribution < 1.29 is 9.53 Å². The zero-order chi connectivity index (χ0) is 12.3. The third-order valence-electron chi connectivity index (χ3n) is 2.13. The topological polar surface area (TPSA) is 77.0 Å². The fourth-order valence-electron chi connectivity index (χ4n) is 1.36. The molecule has 0 unspecified atom stereocenters. The van der Waals surface area contributed by atoms with Crippen molar-refractivity contribution in [1.82, 2.24) is 15.0 Å². The van der Waals surface area contributed by atoms with Gasteiger partial charge in [0, 0.05) is 0 Å². The molecule has 6 heteroatoms. The molecule has 0 fully saturated rings. The van der Waals surface area contributed by atoms with Crippen molar-refractivity contribution in [2.45, 2.75) is 6.92 Å². The van der Waals surface area contributed by atoms with Gasteiger partial charge in [0.1, 0.15) is 6.20 Å². The zero-order valence-electron chi connectivity index (χ0n) is 9.21. The van der Waals surface area contributed by atoms with Gasteiger partial charge in [0.15, 0.2) is 0 Å². The molecule has 0 radical (unpaired) electrons. The molecule has 17 heavy (non-hydrogen) atoms. The quantitative estimate of drug-likeness (QED) is 0.793. The highest BCUT2D eigenvalue weighted by Gasteiger charge is 2.06. The highest BCUT2D eigenvalue weighted by atomic mass is 16.5. The highest BCUT2D eigenvalue weighted by molar-refractivity contribution is 5.89. The number of benzene rings is 1. The molecule has 1 heterocycles. The Morgan fingerprint density at radius 2 is 2.12 bits per heavy atom. The molecule has 1 aromatic heterocycles. The van der Waals surface area contributed by atoms with Gasteiger partial charge in [-0.05, 0) is 31.2 Å². The summed E-state index contributed by atoms with van der Waals surface area (Å²) in [5.41, 5.74) is 0.852. The summed E-state index contributed by atoms with van der Waals surface area (Å²) in [6, 6.07) is 6.59. The SMILES string of the molecule is CCOC(=O)c1ccc(-n2ncc(=O)[nH]2)cc1. The third-order valence-corrected chi connectivity index (χ3v) is 2.13. The lowest BCUT2D eigenvalue weighted by molar-refractivity contribution is 0.0526. The van der Waals surface area contributed by atoms with Gasteiger partial charge in [-0.3, -0.25) is 4.79 Å². The molecule has 1 N–H and O–H groups in total. The van der Waals surface area contributed by atoms with Crippen molar-refractivity contribution >= 4 is 5.97 Å². The van der Waals surface area contributed by atoms with Gasteiger partial charge in [-0.25, -0.2) is 9.89 Å². The second kappa shape index (κ2) is 4.65. The van der Waals surface area contributed by atoms with E-state index in [1.54, 1.807) is 31.2 Å². The lowest BCUT2D eigenvalue weighted by Gasteiger charge is -2.03. The largest absolute Gasteiger partial charge is 0.462 e. The fraction of sp³-hybridized carbons (Fsp3) is 0.182. The van der Waals surface area contributed by atoms with Gasteiger partial charge >= 0.3 is 5.97 Å². The number of rotatable bonds is 3. The summed E-state index contributed by atoms with van der Waals surface area (Å²) in [5.74, 6) is -0.368. The average Bonchev–Trinajstić information content (AvgIpc) is 2.76. The number of aromatic nitrogens is 3. The molecular weight excluding hydrogens is 222 g/mol. The standard InChI is InChI=1S/C11H11N3O3/c1-2-17-11(16)8-3-5-9(6-4-8)14-12-7-10(15)13-14/h3-7H,2H2,1H3,(H,13,15). The predicted octanol–water partition coefficient (Wildman–Crippen LogP) is 0.737. The Kier molecular flexibility index (Phi) is 3.04. The average molecular weight is 233 g/mol. The van der Waals surface area contributed by atoms with Gasteiger partial charge in [0.2, 0.25) is 0 Å². The molecule has 0 bridgehead atoms. The van der Waals surface area contributed by atoms with E-state index in [-0.39, 0.29) is 11.5 Å². The number of hydrogen-bond donors (Lipinski definition) is 1. The van der Waals surface area contributed by atoms with E-state index in [4.69, 9.17) is 4.74 Å². The number of nitrogens with zero attached hydrogens (tertiary/aromatic N) is 2. The maximum absolute atomic E-state index is 11.4. The molecule has 0 aliphatic heterocycles. The minimum Gasteiger partial charge on any atom is -0.462 e. The Balaban J connectivity index is 2.24. The summed E-state index contributed by atoms with van der Waals surface area (Å²) < 4.78 is 4.86. The van der Waals surface area contributed by atoms with Crippen LogP contribution in [0, 0.1) is 0 Å². The van der Waals surface area contributed by atoms with Crippen LogP contribution in [0.1, 0.15) is 17.3 Å². The van der Waals surface area contributed by atoms with Crippen LogP contribution < -0.4 is 5.56 Å². The normalized spacial score (nSPS) is 10.2. The lowest BCUT2D eigenvalue weighted by atomic mass is 10.2. The summed E-state index contributed by atoms with van der Waals surface area (Å²) in [6.45, 7) is 2.09. The number of carbonyl (C=O) groups is 1. The van der Waals surface area contributed by atoms with Crippen molar-refractivity contribution in [1.29, 1.82) is 0 Å². The fourth-order valence-corrected chi connectivity index (χ4v) is 1.36. The van der Waals surface area contributed by atoms with Crippen LogP contribution in [-0.2, 0) is 4.74 Å². The highest BCUT2D eigenvalue weighted by Crippen LogP contribution is 2.07. The zero-order valence-corrected chi connectivity index (χ0v) is 9.21. The molecule has 6 nitrogen and oxygen atoms in total. The molecule has 0 saturated heterocycles. The van der Waals surface area contributed by atoms with Gasteiger partial charge in [-0.15, -0.1) is 0 Å². The van der Waals surface area contributed by atoms with E-state index in [0.717, 1.165) is 0 Å². The van der Waals surface area contributed by atoms with Crippen LogP contribution in [0.2, 0.25) is 0 Å². The van der Waals surface area contributed by atoms with E-state index in [1.807, 2.05) is 0 Å². The van der Waals surface area contributed by atoms with Crippen LogP contribution in [0.3, 0.4) is 0 Å². The molecular formula is C11H11N3O3. The summed E-state index contributed by atoms with van der Waals surface area (Å²) in [4.78, 5) is 23.6. The predicted molar refractivity (Wildman–Crippen MR) is 60.1 cm³/mol. The first-order chi connectivity index (χ1) is 8.20. The van der Waals surface area contributed by atoms with E-state index in [1.165, 1.54) is 11.0 Å². The Labute approximate surface area is 96.8 Å². The summed E-state index contributed by atoms with van der Waals surface area (Å²) >= 11 is 0. The van der Waals surface area contributed by atoms with Crippen LogP contribution in [-0.4, -0.2) is 27.6 Å². The van der Waals surface area contributed by atoms with E-state index >= 15 is 0 Å². The molecule has 0 aliphatic carbocycles. The van der Waals surface area contributed by atoms with Gasteiger partial charge in [0.05, 0.1) is 17.9 Å². The van der Waals surface area contributed by atoms with E-state index in [0.29, 0.717) is 17.9 Å². The van der Waals surface area contributed by atoms with E-state index < -0.39 is 0 Å². The number of esters is 1. The minimum atomic E-state index is -0.368. The first-order valence-corrected chi connectivity index (χ1v) is 5.12. The van der Waals surface area contributed by atoms with Crippen LogP contribution in [0.4, 0.5) is 0 Å². The number of hydrogen-bond acceptors (Lipinski definition) is 4. The smallest absolute Gasteiger partial charge is 0.338 e. The van der Waals surface area contributed by atoms with Gasteiger partial charge in [-0.2, -0.15) is 9.90 Å². The summed E-state index contributed by atoms with van der Waals surface area (Å²) in [6.07, 6.45) is 1.18. The monoisotopic (exact) mass is 233 g/mol. The van der Waals surface area contributed by atoms with Crippen molar-refractivity contribution in [3.05, 3.63) is 46.4 Å². The molecule has 0 aliphatic rings. The van der Waals surface area contributed by atoms with Crippen LogP contribution in [0.25, 0.3) is 5.69 Å².